The largest absolute Gasteiger partial charge is 0.480 e. The van der Waals surface area contributed by atoms with E-state index in [1.807, 2.05) is 31.2 Å². The van der Waals surface area contributed by atoms with Crippen molar-refractivity contribution in [1.29, 1.82) is 0 Å². The van der Waals surface area contributed by atoms with E-state index in [0.717, 1.165) is 6.42 Å². The highest BCUT2D eigenvalue weighted by atomic mass is 16.4. The predicted molar refractivity (Wildman–Crippen MR) is 61.7 cm³/mol. The maximum Gasteiger partial charge on any atom is 0.330 e. The van der Waals surface area contributed by atoms with Gasteiger partial charge in [0.05, 0.1) is 6.54 Å². The summed E-state index contributed by atoms with van der Waals surface area (Å²) in [7, 11) is 0. The Labute approximate surface area is 95.0 Å². The third-order valence-electron chi connectivity index (χ3n) is 2.23. The van der Waals surface area contributed by atoms with Crippen molar-refractivity contribution in [3.8, 4) is 0 Å². The molecule has 16 heavy (non-hydrogen) atoms. The Balaban J connectivity index is 2.35. The molecule has 1 rings (SSSR count). The van der Waals surface area contributed by atoms with Gasteiger partial charge in [-0.2, -0.15) is 10.2 Å². The van der Waals surface area contributed by atoms with Gasteiger partial charge in [-0.25, -0.2) is 4.79 Å². The van der Waals surface area contributed by atoms with Crippen LogP contribution >= 0.6 is 0 Å². The smallest absolute Gasteiger partial charge is 0.330 e. The molecule has 0 aliphatic carbocycles. The lowest BCUT2D eigenvalue weighted by atomic mass is 10.1. The molecule has 0 saturated heterocycles. The monoisotopic (exact) mass is 220 g/mol. The summed E-state index contributed by atoms with van der Waals surface area (Å²) in [4.78, 5) is 10.4. The van der Waals surface area contributed by atoms with Crippen molar-refractivity contribution in [1.82, 2.24) is 0 Å². The summed E-state index contributed by atoms with van der Waals surface area (Å²) < 4.78 is 0. The number of azo groups is 1. The molecule has 1 aromatic rings. The van der Waals surface area contributed by atoms with Gasteiger partial charge in [0, 0.05) is 0 Å². The molecule has 1 unspecified atom stereocenters. The number of carbonyl (C=O) groups is 1. The molecule has 0 radical (unpaired) electrons. The van der Waals surface area contributed by atoms with Crippen LogP contribution in [0.3, 0.4) is 0 Å². The van der Waals surface area contributed by atoms with E-state index in [4.69, 9.17) is 5.11 Å². The molecular weight excluding hydrogens is 204 g/mol. The fraction of sp³-hybridized carbons (Fsp3) is 0.417. The van der Waals surface area contributed by atoms with Gasteiger partial charge in [-0.05, 0) is 25.8 Å². The lowest BCUT2D eigenvalue weighted by Gasteiger charge is -1.99. The minimum absolute atomic E-state index is 0.528. The highest BCUT2D eigenvalue weighted by Crippen LogP contribution is 2.04. The summed E-state index contributed by atoms with van der Waals surface area (Å²) >= 11 is 0. The Morgan fingerprint density at radius 3 is 2.56 bits per heavy atom. The van der Waals surface area contributed by atoms with Crippen LogP contribution in [0.2, 0.25) is 0 Å². The Bertz CT molecular complexity index is 371. The Morgan fingerprint density at radius 2 is 2.00 bits per heavy atom. The van der Waals surface area contributed by atoms with Gasteiger partial charge in [0.2, 0.25) is 0 Å². The highest BCUT2D eigenvalue weighted by Gasteiger charge is 2.07. The number of aryl methyl sites for hydroxylation is 1. The first-order valence-electron chi connectivity index (χ1n) is 5.24. The van der Waals surface area contributed by atoms with Gasteiger partial charge in [-0.1, -0.05) is 29.8 Å². The van der Waals surface area contributed by atoms with E-state index in [2.05, 4.69) is 10.2 Å². The quantitative estimate of drug-likeness (QED) is 0.775. The third kappa shape index (κ3) is 4.21. The van der Waals surface area contributed by atoms with Crippen LogP contribution in [0.5, 0.6) is 0 Å². The molecule has 0 amide bonds. The molecule has 0 fully saturated rings. The second-order valence-corrected chi connectivity index (χ2v) is 3.73. The Hall–Kier alpha value is -1.71. The molecule has 0 aliphatic rings. The summed E-state index contributed by atoms with van der Waals surface area (Å²) in [6.07, 6.45) is 0.788. The third-order valence-corrected chi connectivity index (χ3v) is 2.23. The number of aliphatic carboxylic acids is 1. The number of hydrogen-bond acceptors (Lipinski definition) is 3. The molecule has 86 valence electrons. The molecule has 0 aliphatic heterocycles. The first-order valence-corrected chi connectivity index (χ1v) is 5.24. The van der Waals surface area contributed by atoms with Crippen LogP contribution in [0.15, 0.2) is 34.5 Å². The van der Waals surface area contributed by atoms with Crippen LogP contribution in [-0.4, -0.2) is 23.7 Å². The predicted octanol–water partition coefficient (Wildman–Crippen LogP) is 2.46. The van der Waals surface area contributed by atoms with Gasteiger partial charge in [0.1, 0.15) is 0 Å². The lowest BCUT2D eigenvalue weighted by molar-refractivity contribution is -0.138. The number of carboxylic acid groups (broad SMARTS) is 1. The lowest BCUT2D eigenvalue weighted by Crippen LogP contribution is -2.12. The van der Waals surface area contributed by atoms with Crippen LogP contribution in [0.1, 0.15) is 18.1 Å². The van der Waals surface area contributed by atoms with Crippen LogP contribution in [0, 0.1) is 6.92 Å². The minimum Gasteiger partial charge on any atom is -0.480 e. The SMILES string of the molecule is Cc1ccc(CCN=NC(C)C(=O)O)cc1. The van der Waals surface area contributed by atoms with Gasteiger partial charge < -0.3 is 5.11 Å². The number of rotatable bonds is 5. The van der Waals surface area contributed by atoms with Gasteiger partial charge in [0.15, 0.2) is 6.04 Å². The molecule has 0 bridgehead atoms. The standard InChI is InChI=1S/C12H16N2O2/c1-9-3-5-11(6-4-9)7-8-13-14-10(2)12(15)16/h3-6,10H,7-8H2,1-2H3,(H,15,16). The van der Waals surface area contributed by atoms with Crippen LogP contribution in [0.4, 0.5) is 0 Å². The maximum atomic E-state index is 10.4. The van der Waals surface area contributed by atoms with Crippen molar-refractivity contribution in [3.05, 3.63) is 35.4 Å². The fourth-order valence-corrected chi connectivity index (χ4v) is 1.16. The minimum atomic E-state index is -0.945. The van der Waals surface area contributed by atoms with E-state index in [1.165, 1.54) is 18.1 Å². The molecule has 4 nitrogen and oxygen atoms in total. The summed E-state index contributed by atoms with van der Waals surface area (Å²) in [5, 5.41) is 16.1. The second-order valence-electron chi connectivity index (χ2n) is 3.73. The van der Waals surface area contributed by atoms with E-state index in [0.29, 0.717) is 6.54 Å². The van der Waals surface area contributed by atoms with Gasteiger partial charge >= 0.3 is 5.97 Å². The fourth-order valence-electron chi connectivity index (χ4n) is 1.16. The normalized spacial score (nSPS) is 12.9. The van der Waals surface area contributed by atoms with E-state index >= 15 is 0 Å². The Kier molecular flexibility index (Phi) is 4.64. The average Bonchev–Trinajstić information content (AvgIpc) is 2.26. The van der Waals surface area contributed by atoms with Crippen molar-refractivity contribution in [2.75, 3.05) is 6.54 Å². The summed E-state index contributed by atoms with van der Waals surface area (Å²) in [6.45, 7) is 4.08. The number of benzene rings is 1. The molecular formula is C12H16N2O2. The number of hydrogen-bond donors (Lipinski definition) is 1. The summed E-state index contributed by atoms with van der Waals surface area (Å²) in [5.41, 5.74) is 2.41. The molecule has 0 aromatic heterocycles. The van der Waals surface area contributed by atoms with Crippen molar-refractivity contribution < 1.29 is 9.90 Å². The van der Waals surface area contributed by atoms with Crippen molar-refractivity contribution in [2.45, 2.75) is 26.3 Å². The topological polar surface area (TPSA) is 62.0 Å². The molecule has 0 heterocycles. The van der Waals surface area contributed by atoms with E-state index in [-0.39, 0.29) is 0 Å². The number of carboxylic acids is 1. The van der Waals surface area contributed by atoms with Gasteiger partial charge in [-0.15, -0.1) is 0 Å². The summed E-state index contributed by atoms with van der Waals surface area (Å²) in [5.74, 6) is -0.945. The molecule has 1 aromatic carbocycles. The van der Waals surface area contributed by atoms with Gasteiger partial charge in [-0.3, -0.25) is 0 Å². The first-order chi connectivity index (χ1) is 7.59. The zero-order valence-corrected chi connectivity index (χ0v) is 9.55. The zero-order chi connectivity index (χ0) is 12.0. The zero-order valence-electron chi connectivity index (χ0n) is 9.55. The Morgan fingerprint density at radius 1 is 1.38 bits per heavy atom. The van der Waals surface area contributed by atoms with Crippen LogP contribution in [0.25, 0.3) is 0 Å². The molecule has 4 heteroatoms. The van der Waals surface area contributed by atoms with E-state index in [1.54, 1.807) is 0 Å². The van der Waals surface area contributed by atoms with Crippen molar-refractivity contribution >= 4 is 5.97 Å². The van der Waals surface area contributed by atoms with E-state index in [9.17, 15) is 4.79 Å². The molecule has 1 N–H and O–H groups in total. The van der Waals surface area contributed by atoms with Crippen LogP contribution < -0.4 is 0 Å². The molecule has 1 atom stereocenters. The summed E-state index contributed by atoms with van der Waals surface area (Å²) in [6, 6.07) is 7.44. The average molecular weight is 220 g/mol. The number of nitrogens with zero attached hydrogens (tertiary/aromatic N) is 2. The van der Waals surface area contributed by atoms with Crippen molar-refractivity contribution in [3.63, 3.8) is 0 Å². The van der Waals surface area contributed by atoms with Crippen LogP contribution in [-0.2, 0) is 11.2 Å². The van der Waals surface area contributed by atoms with E-state index < -0.39 is 12.0 Å². The molecule has 0 saturated carbocycles. The second kappa shape index (κ2) is 6.00. The maximum absolute atomic E-state index is 10.4. The molecule has 0 spiro atoms. The highest BCUT2D eigenvalue weighted by molar-refractivity contribution is 5.72. The van der Waals surface area contributed by atoms with Crippen molar-refractivity contribution in [2.24, 2.45) is 10.2 Å². The van der Waals surface area contributed by atoms with Gasteiger partial charge in [0.25, 0.3) is 0 Å². The first kappa shape index (κ1) is 12.4.